The van der Waals surface area contributed by atoms with Crippen LogP contribution in [-0.4, -0.2) is 15.1 Å². The molecule has 2 aromatic heterocycles. The lowest BCUT2D eigenvalue weighted by Gasteiger charge is -2.12. The van der Waals surface area contributed by atoms with E-state index in [0.717, 1.165) is 32.1 Å². The number of H-pyrrole nitrogens is 1. The van der Waals surface area contributed by atoms with Gasteiger partial charge in [0, 0.05) is 21.4 Å². The van der Waals surface area contributed by atoms with Crippen molar-refractivity contribution < 1.29 is 5.11 Å². The second kappa shape index (κ2) is 6.75. The highest BCUT2D eigenvalue weighted by atomic mass is 32.2. The Labute approximate surface area is 150 Å². The molecule has 2 N–H and O–H groups in total. The molecule has 0 fully saturated rings. The number of rotatable bonds is 4. The highest BCUT2D eigenvalue weighted by molar-refractivity contribution is 7.99. The van der Waals surface area contributed by atoms with Gasteiger partial charge in [-0.25, -0.2) is 4.98 Å². The SMILES string of the molecule is Cc1ccc(Sc2c(C(O)c3ccccc3)[nH]c3ncccc23)cc1. The first-order valence-corrected chi connectivity index (χ1v) is 8.98. The van der Waals surface area contributed by atoms with E-state index in [1.54, 1.807) is 18.0 Å². The van der Waals surface area contributed by atoms with Gasteiger partial charge in [-0.3, -0.25) is 0 Å². The molecule has 0 spiro atoms. The topological polar surface area (TPSA) is 48.9 Å². The van der Waals surface area contributed by atoms with E-state index < -0.39 is 6.10 Å². The van der Waals surface area contributed by atoms with E-state index in [1.807, 2.05) is 42.5 Å². The number of pyridine rings is 1. The third-order valence-corrected chi connectivity index (χ3v) is 5.33. The number of aromatic amines is 1. The summed E-state index contributed by atoms with van der Waals surface area (Å²) < 4.78 is 0. The molecule has 0 amide bonds. The van der Waals surface area contributed by atoms with Gasteiger partial charge in [-0.15, -0.1) is 0 Å². The molecule has 0 aliphatic rings. The lowest BCUT2D eigenvalue weighted by Crippen LogP contribution is -2.01. The zero-order chi connectivity index (χ0) is 17.2. The van der Waals surface area contributed by atoms with Gasteiger partial charge in [-0.2, -0.15) is 0 Å². The van der Waals surface area contributed by atoms with Crippen LogP contribution in [0.4, 0.5) is 0 Å². The van der Waals surface area contributed by atoms with Gasteiger partial charge >= 0.3 is 0 Å². The van der Waals surface area contributed by atoms with Crippen molar-refractivity contribution in [1.29, 1.82) is 0 Å². The average Bonchev–Trinajstić information content (AvgIpc) is 3.02. The van der Waals surface area contributed by atoms with Gasteiger partial charge in [0.05, 0.1) is 5.69 Å². The molecule has 0 bridgehead atoms. The van der Waals surface area contributed by atoms with Crippen molar-refractivity contribution in [2.45, 2.75) is 22.8 Å². The van der Waals surface area contributed by atoms with Gasteiger partial charge in [0.15, 0.2) is 0 Å². The molecule has 4 rings (SSSR count). The monoisotopic (exact) mass is 346 g/mol. The Morgan fingerprint density at radius 3 is 2.48 bits per heavy atom. The van der Waals surface area contributed by atoms with Crippen LogP contribution in [0.2, 0.25) is 0 Å². The fraction of sp³-hybridized carbons (Fsp3) is 0.0952. The maximum Gasteiger partial charge on any atom is 0.138 e. The zero-order valence-electron chi connectivity index (χ0n) is 13.8. The van der Waals surface area contributed by atoms with Gasteiger partial charge < -0.3 is 10.1 Å². The Morgan fingerprint density at radius 2 is 1.72 bits per heavy atom. The van der Waals surface area contributed by atoms with E-state index >= 15 is 0 Å². The number of nitrogens with one attached hydrogen (secondary N) is 1. The van der Waals surface area contributed by atoms with Crippen LogP contribution in [0.3, 0.4) is 0 Å². The molecule has 0 aliphatic heterocycles. The number of aromatic nitrogens is 2. The quantitative estimate of drug-likeness (QED) is 0.540. The fourth-order valence-corrected chi connectivity index (χ4v) is 3.90. The predicted molar refractivity (Wildman–Crippen MR) is 102 cm³/mol. The minimum atomic E-state index is -0.719. The standard InChI is InChI=1S/C21H18N2OS/c1-14-9-11-16(12-10-14)25-20-17-8-5-13-22-21(17)23-18(20)19(24)15-6-3-2-4-7-15/h2-13,19,24H,1H3,(H,22,23). The number of aryl methyl sites for hydroxylation is 1. The number of aliphatic hydroxyl groups excluding tert-OH is 1. The average molecular weight is 346 g/mol. The summed E-state index contributed by atoms with van der Waals surface area (Å²) in [7, 11) is 0. The van der Waals surface area contributed by atoms with Gasteiger partial charge in [0.2, 0.25) is 0 Å². The minimum absolute atomic E-state index is 0.719. The maximum absolute atomic E-state index is 10.9. The molecule has 0 radical (unpaired) electrons. The van der Waals surface area contributed by atoms with Crippen molar-refractivity contribution in [3.63, 3.8) is 0 Å². The van der Waals surface area contributed by atoms with E-state index in [9.17, 15) is 5.11 Å². The molecule has 4 aromatic rings. The molecule has 1 atom stereocenters. The van der Waals surface area contributed by atoms with Gasteiger partial charge in [0.25, 0.3) is 0 Å². The fourth-order valence-electron chi connectivity index (χ4n) is 2.85. The van der Waals surface area contributed by atoms with Crippen LogP contribution >= 0.6 is 11.8 Å². The summed E-state index contributed by atoms with van der Waals surface area (Å²) in [5.74, 6) is 0. The first-order valence-electron chi connectivity index (χ1n) is 8.16. The highest BCUT2D eigenvalue weighted by Crippen LogP contribution is 2.40. The van der Waals surface area contributed by atoms with Crippen LogP contribution in [-0.2, 0) is 0 Å². The van der Waals surface area contributed by atoms with Gasteiger partial charge in [0.1, 0.15) is 11.8 Å². The third-order valence-electron chi connectivity index (χ3n) is 4.18. The molecule has 3 nitrogen and oxygen atoms in total. The van der Waals surface area contributed by atoms with Crippen LogP contribution in [0, 0.1) is 6.92 Å². The molecule has 2 aromatic carbocycles. The van der Waals surface area contributed by atoms with E-state index in [-0.39, 0.29) is 0 Å². The largest absolute Gasteiger partial charge is 0.382 e. The molecular weight excluding hydrogens is 328 g/mol. The molecule has 0 saturated carbocycles. The highest BCUT2D eigenvalue weighted by Gasteiger charge is 2.21. The Morgan fingerprint density at radius 1 is 0.960 bits per heavy atom. The third kappa shape index (κ3) is 3.18. The number of aliphatic hydroxyl groups is 1. The second-order valence-electron chi connectivity index (χ2n) is 6.00. The Kier molecular flexibility index (Phi) is 4.30. The van der Waals surface area contributed by atoms with E-state index in [1.165, 1.54) is 5.56 Å². The van der Waals surface area contributed by atoms with Crippen LogP contribution in [0.15, 0.2) is 82.7 Å². The summed E-state index contributed by atoms with van der Waals surface area (Å²) in [6.07, 6.45) is 1.04. The summed E-state index contributed by atoms with van der Waals surface area (Å²) >= 11 is 1.65. The number of hydrogen-bond donors (Lipinski definition) is 2. The summed E-state index contributed by atoms with van der Waals surface area (Å²) in [5, 5.41) is 11.9. The molecular formula is C21H18N2OS. The molecule has 25 heavy (non-hydrogen) atoms. The molecule has 124 valence electrons. The first-order chi connectivity index (χ1) is 12.2. The number of fused-ring (bicyclic) bond motifs is 1. The van der Waals surface area contributed by atoms with E-state index in [2.05, 4.69) is 41.2 Å². The van der Waals surface area contributed by atoms with Crippen molar-refractivity contribution in [1.82, 2.24) is 9.97 Å². The van der Waals surface area contributed by atoms with Crippen LogP contribution in [0.1, 0.15) is 22.9 Å². The molecule has 2 heterocycles. The summed E-state index contributed by atoms with van der Waals surface area (Å²) in [4.78, 5) is 9.88. The maximum atomic E-state index is 10.9. The Hall–Kier alpha value is -2.56. The molecule has 4 heteroatoms. The normalized spacial score (nSPS) is 12.4. The van der Waals surface area contributed by atoms with Crippen LogP contribution < -0.4 is 0 Å². The van der Waals surface area contributed by atoms with E-state index in [4.69, 9.17) is 0 Å². The van der Waals surface area contributed by atoms with Crippen molar-refractivity contribution in [3.05, 3.63) is 89.7 Å². The lowest BCUT2D eigenvalue weighted by atomic mass is 10.1. The van der Waals surface area contributed by atoms with Crippen LogP contribution in [0.5, 0.6) is 0 Å². The smallest absolute Gasteiger partial charge is 0.138 e. The van der Waals surface area contributed by atoms with Crippen molar-refractivity contribution in [2.24, 2.45) is 0 Å². The molecule has 1 unspecified atom stereocenters. The number of benzene rings is 2. The lowest BCUT2D eigenvalue weighted by molar-refractivity contribution is 0.213. The van der Waals surface area contributed by atoms with E-state index in [0.29, 0.717) is 0 Å². The van der Waals surface area contributed by atoms with Crippen molar-refractivity contribution in [2.75, 3.05) is 0 Å². The number of hydrogen-bond acceptors (Lipinski definition) is 3. The van der Waals surface area contributed by atoms with Crippen molar-refractivity contribution >= 4 is 22.8 Å². The molecule has 0 aliphatic carbocycles. The Bertz CT molecular complexity index is 994. The minimum Gasteiger partial charge on any atom is -0.382 e. The predicted octanol–water partition coefficient (Wildman–Crippen LogP) is 5.10. The zero-order valence-corrected chi connectivity index (χ0v) is 14.6. The van der Waals surface area contributed by atoms with Crippen molar-refractivity contribution in [3.8, 4) is 0 Å². The summed E-state index contributed by atoms with van der Waals surface area (Å²) in [6, 6.07) is 22.1. The second-order valence-corrected chi connectivity index (χ2v) is 7.08. The molecule has 0 saturated heterocycles. The van der Waals surface area contributed by atoms with Gasteiger partial charge in [-0.1, -0.05) is 59.8 Å². The van der Waals surface area contributed by atoms with Gasteiger partial charge in [-0.05, 0) is 36.8 Å². The number of nitrogens with zero attached hydrogens (tertiary/aromatic N) is 1. The van der Waals surface area contributed by atoms with Crippen LogP contribution in [0.25, 0.3) is 11.0 Å². The summed E-state index contributed by atoms with van der Waals surface area (Å²) in [5.41, 5.74) is 3.67. The summed E-state index contributed by atoms with van der Waals surface area (Å²) in [6.45, 7) is 2.08. The Balaban J connectivity index is 1.82. The first kappa shape index (κ1) is 15.9.